The molecule has 2 aromatic rings. The summed E-state index contributed by atoms with van der Waals surface area (Å²) in [5.41, 5.74) is -0.0438. The van der Waals surface area contributed by atoms with E-state index in [2.05, 4.69) is 0 Å². The molecule has 0 saturated carbocycles. The maximum atomic E-state index is 13.9. The summed E-state index contributed by atoms with van der Waals surface area (Å²) in [5.74, 6) is -1.89. The molecule has 2 heterocycles. The maximum absolute atomic E-state index is 13.9. The smallest absolute Gasteiger partial charge is 0.262 e. The summed E-state index contributed by atoms with van der Waals surface area (Å²) < 4.78 is 13.9. The summed E-state index contributed by atoms with van der Waals surface area (Å²) in [6.07, 6.45) is 1.06. The number of aliphatic hydroxyl groups is 1. The van der Waals surface area contributed by atoms with Crippen LogP contribution in [-0.4, -0.2) is 50.3 Å². The van der Waals surface area contributed by atoms with E-state index in [-0.39, 0.29) is 11.1 Å². The first-order chi connectivity index (χ1) is 14.6. The van der Waals surface area contributed by atoms with Crippen molar-refractivity contribution < 1.29 is 23.9 Å². The van der Waals surface area contributed by atoms with E-state index in [1.807, 2.05) is 0 Å². The SMILES string of the molecule is CC(C(=O)N1[C@H](c2cccc(F)c2)CC[C@@H]1C(C)(C)O)N1C(=O)c2ccccc2C1=O. The Labute approximate surface area is 180 Å². The Bertz CT molecular complexity index is 1030. The number of carbonyl (C=O) groups is 3. The highest BCUT2D eigenvalue weighted by atomic mass is 19.1. The molecule has 31 heavy (non-hydrogen) atoms. The van der Waals surface area contributed by atoms with Gasteiger partial charge in [-0.05, 0) is 63.4 Å². The number of hydrogen-bond donors (Lipinski definition) is 1. The van der Waals surface area contributed by atoms with E-state index >= 15 is 0 Å². The summed E-state index contributed by atoms with van der Waals surface area (Å²) in [4.78, 5) is 41.9. The molecule has 6 nitrogen and oxygen atoms in total. The molecule has 3 amide bonds. The lowest BCUT2D eigenvalue weighted by molar-refractivity contribution is -0.143. The molecule has 0 aliphatic carbocycles. The van der Waals surface area contributed by atoms with Gasteiger partial charge in [-0.3, -0.25) is 19.3 Å². The first kappa shape index (κ1) is 21.2. The Morgan fingerprint density at radius 2 is 1.68 bits per heavy atom. The van der Waals surface area contributed by atoms with Gasteiger partial charge in [0.1, 0.15) is 11.9 Å². The van der Waals surface area contributed by atoms with Gasteiger partial charge in [0.25, 0.3) is 11.8 Å². The van der Waals surface area contributed by atoms with Crippen LogP contribution in [0.3, 0.4) is 0 Å². The molecule has 4 rings (SSSR count). The number of hydrogen-bond acceptors (Lipinski definition) is 4. The van der Waals surface area contributed by atoms with E-state index in [9.17, 15) is 23.9 Å². The van der Waals surface area contributed by atoms with E-state index < -0.39 is 47.3 Å². The van der Waals surface area contributed by atoms with Gasteiger partial charge < -0.3 is 10.0 Å². The monoisotopic (exact) mass is 424 g/mol. The van der Waals surface area contributed by atoms with Crippen molar-refractivity contribution in [2.24, 2.45) is 0 Å². The van der Waals surface area contributed by atoms with Crippen molar-refractivity contribution in [3.8, 4) is 0 Å². The van der Waals surface area contributed by atoms with Crippen LogP contribution in [-0.2, 0) is 4.79 Å². The third kappa shape index (κ3) is 3.53. The maximum Gasteiger partial charge on any atom is 0.262 e. The van der Waals surface area contributed by atoms with Gasteiger partial charge in [-0.1, -0.05) is 24.3 Å². The molecule has 3 atom stereocenters. The first-order valence-electron chi connectivity index (χ1n) is 10.4. The van der Waals surface area contributed by atoms with Gasteiger partial charge in [0, 0.05) is 0 Å². The van der Waals surface area contributed by atoms with Gasteiger partial charge in [0.05, 0.1) is 28.8 Å². The molecule has 2 aliphatic rings. The molecule has 1 unspecified atom stereocenters. The van der Waals surface area contributed by atoms with E-state index in [4.69, 9.17) is 0 Å². The Hall–Kier alpha value is -3.06. The number of fused-ring (bicyclic) bond motifs is 1. The van der Waals surface area contributed by atoms with Crippen molar-refractivity contribution in [2.45, 2.75) is 57.3 Å². The molecule has 162 valence electrons. The number of likely N-dealkylation sites (tertiary alicyclic amines) is 1. The van der Waals surface area contributed by atoms with Crippen LogP contribution in [0.25, 0.3) is 0 Å². The number of nitrogens with zero attached hydrogens (tertiary/aromatic N) is 2. The van der Waals surface area contributed by atoms with Crippen LogP contribution in [0.5, 0.6) is 0 Å². The normalized spacial score (nSPS) is 22.1. The zero-order chi connectivity index (χ0) is 22.5. The number of carbonyl (C=O) groups excluding carboxylic acids is 3. The molecule has 0 aromatic heterocycles. The summed E-state index contributed by atoms with van der Waals surface area (Å²) in [6.45, 7) is 4.77. The topological polar surface area (TPSA) is 77.9 Å². The van der Waals surface area contributed by atoms with E-state index in [0.717, 1.165) is 4.90 Å². The van der Waals surface area contributed by atoms with Crippen molar-refractivity contribution in [3.05, 3.63) is 71.0 Å². The second-order valence-corrected chi connectivity index (χ2v) is 8.76. The molecule has 2 aromatic carbocycles. The molecule has 0 spiro atoms. The van der Waals surface area contributed by atoms with Gasteiger partial charge >= 0.3 is 0 Å². The van der Waals surface area contributed by atoms with E-state index in [1.165, 1.54) is 24.0 Å². The second-order valence-electron chi connectivity index (χ2n) is 8.76. The average molecular weight is 424 g/mol. The van der Waals surface area contributed by atoms with Crippen molar-refractivity contribution >= 4 is 17.7 Å². The Balaban J connectivity index is 1.69. The Morgan fingerprint density at radius 1 is 1.06 bits per heavy atom. The third-order valence-electron chi connectivity index (χ3n) is 6.26. The number of rotatable bonds is 4. The molecule has 0 radical (unpaired) electrons. The summed E-state index contributed by atoms with van der Waals surface area (Å²) in [5, 5.41) is 10.7. The minimum atomic E-state index is -1.21. The number of imide groups is 1. The predicted octanol–water partition coefficient (Wildman–Crippen LogP) is 3.31. The van der Waals surface area contributed by atoms with Crippen LogP contribution in [0.1, 0.15) is 65.9 Å². The number of benzene rings is 2. The molecule has 0 bridgehead atoms. The molecule has 1 fully saturated rings. The lowest BCUT2D eigenvalue weighted by Gasteiger charge is -2.39. The van der Waals surface area contributed by atoms with Gasteiger partial charge in [-0.2, -0.15) is 0 Å². The highest BCUT2D eigenvalue weighted by Gasteiger charge is 2.49. The molecule has 1 N–H and O–H groups in total. The number of halogens is 1. The fourth-order valence-corrected chi connectivity index (χ4v) is 4.74. The van der Waals surface area contributed by atoms with Gasteiger partial charge in [0.15, 0.2) is 0 Å². The minimum Gasteiger partial charge on any atom is -0.388 e. The quantitative estimate of drug-likeness (QED) is 0.764. The summed E-state index contributed by atoms with van der Waals surface area (Å²) >= 11 is 0. The predicted molar refractivity (Wildman–Crippen MR) is 112 cm³/mol. The molecule has 2 aliphatic heterocycles. The van der Waals surface area contributed by atoms with Crippen LogP contribution in [0.15, 0.2) is 48.5 Å². The highest BCUT2D eigenvalue weighted by molar-refractivity contribution is 6.22. The van der Waals surface area contributed by atoms with Gasteiger partial charge in [0.2, 0.25) is 5.91 Å². The standard InChI is InChI=1S/C24H25FN2O4/c1-14(26-22(29)17-9-4-5-10-18(17)23(26)30)21(28)27-19(11-12-20(27)24(2,3)31)15-7-6-8-16(25)13-15/h4-10,13-14,19-20,31H,11-12H2,1-3H3/t14?,19-,20+/m0/s1. The molecule has 7 heteroatoms. The summed E-state index contributed by atoms with van der Waals surface area (Å²) in [6, 6.07) is 10.5. The van der Waals surface area contributed by atoms with E-state index in [1.54, 1.807) is 50.2 Å². The first-order valence-corrected chi connectivity index (χ1v) is 10.4. The summed E-state index contributed by atoms with van der Waals surface area (Å²) in [7, 11) is 0. The van der Waals surface area contributed by atoms with Crippen LogP contribution >= 0.6 is 0 Å². The largest absolute Gasteiger partial charge is 0.388 e. The molecule has 1 saturated heterocycles. The molecular formula is C24H25FN2O4. The van der Waals surface area contributed by atoms with Gasteiger partial charge in [-0.25, -0.2) is 4.39 Å². The average Bonchev–Trinajstić information content (AvgIpc) is 3.28. The van der Waals surface area contributed by atoms with Crippen molar-refractivity contribution in [2.75, 3.05) is 0 Å². The van der Waals surface area contributed by atoms with Gasteiger partial charge in [-0.15, -0.1) is 0 Å². The van der Waals surface area contributed by atoms with Crippen molar-refractivity contribution in [3.63, 3.8) is 0 Å². The van der Waals surface area contributed by atoms with E-state index in [0.29, 0.717) is 18.4 Å². The fourth-order valence-electron chi connectivity index (χ4n) is 4.74. The fraction of sp³-hybridized carbons (Fsp3) is 0.375. The molecular weight excluding hydrogens is 399 g/mol. The minimum absolute atomic E-state index is 0.272. The highest BCUT2D eigenvalue weighted by Crippen LogP contribution is 2.41. The van der Waals surface area contributed by atoms with Crippen LogP contribution in [0, 0.1) is 5.82 Å². The van der Waals surface area contributed by atoms with Crippen molar-refractivity contribution in [1.82, 2.24) is 9.80 Å². The third-order valence-corrected chi connectivity index (χ3v) is 6.26. The number of amides is 3. The van der Waals surface area contributed by atoms with Crippen LogP contribution in [0.4, 0.5) is 4.39 Å². The second kappa shape index (κ2) is 7.57. The zero-order valence-corrected chi connectivity index (χ0v) is 17.7. The van der Waals surface area contributed by atoms with Crippen LogP contribution in [0.2, 0.25) is 0 Å². The lowest BCUT2D eigenvalue weighted by Crippen LogP contribution is -2.55. The Kier molecular flexibility index (Phi) is 5.17. The van der Waals surface area contributed by atoms with Crippen LogP contribution < -0.4 is 0 Å². The van der Waals surface area contributed by atoms with Crippen molar-refractivity contribution in [1.29, 1.82) is 0 Å². The Morgan fingerprint density at radius 3 is 2.23 bits per heavy atom. The lowest BCUT2D eigenvalue weighted by atomic mass is 9.96. The zero-order valence-electron chi connectivity index (χ0n) is 17.7.